The number of hydrogen-bond acceptors (Lipinski definition) is 2. The minimum atomic E-state index is -0.243. The normalized spacial score (nSPS) is 33.5. The van der Waals surface area contributed by atoms with Gasteiger partial charge < -0.3 is 4.74 Å². The maximum absolute atomic E-state index is 11.9. The molecule has 2 bridgehead atoms. The summed E-state index contributed by atoms with van der Waals surface area (Å²) >= 11 is 3.31. The third-order valence-corrected chi connectivity index (χ3v) is 5.73. The second kappa shape index (κ2) is 6.60. The second-order valence-corrected chi connectivity index (χ2v) is 7.44. The summed E-state index contributed by atoms with van der Waals surface area (Å²) in [6.45, 7) is 4.32. The van der Waals surface area contributed by atoms with Crippen LogP contribution in [-0.2, 0) is 9.53 Å². The van der Waals surface area contributed by atoms with Crippen molar-refractivity contribution in [2.75, 3.05) is 5.33 Å². The maximum atomic E-state index is 11.9. The molecule has 0 heterocycles. The molecule has 0 amide bonds. The van der Waals surface area contributed by atoms with E-state index in [0.717, 1.165) is 18.3 Å². The Bertz CT molecular complexity index is 306. The van der Waals surface area contributed by atoms with E-state index in [9.17, 15) is 4.79 Å². The van der Waals surface area contributed by atoms with Crippen molar-refractivity contribution in [1.82, 2.24) is 0 Å². The highest BCUT2D eigenvalue weighted by molar-refractivity contribution is 9.09. The summed E-state index contributed by atoms with van der Waals surface area (Å²) < 4.78 is 5.86. The zero-order valence-electron chi connectivity index (χ0n) is 12.3. The summed E-state index contributed by atoms with van der Waals surface area (Å²) in [7, 11) is 0. The molecule has 3 atom stereocenters. The van der Waals surface area contributed by atoms with E-state index in [4.69, 9.17) is 4.74 Å². The van der Waals surface area contributed by atoms with E-state index in [1.807, 2.05) is 0 Å². The predicted molar refractivity (Wildman–Crippen MR) is 81.4 cm³/mol. The monoisotopic (exact) mass is 330 g/mol. The molecule has 0 aliphatic heterocycles. The molecule has 2 aliphatic rings. The van der Waals surface area contributed by atoms with Gasteiger partial charge >= 0.3 is 5.97 Å². The fourth-order valence-electron chi connectivity index (χ4n) is 4.06. The van der Waals surface area contributed by atoms with Crippen LogP contribution in [0.1, 0.15) is 65.2 Å². The van der Waals surface area contributed by atoms with E-state index in [-0.39, 0.29) is 11.6 Å². The minimum Gasteiger partial charge on any atom is -0.459 e. The van der Waals surface area contributed by atoms with E-state index >= 15 is 0 Å². The summed E-state index contributed by atoms with van der Waals surface area (Å²) in [5.74, 6) is 2.30. The van der Waals surface area contributed by atoms with Gasteiger partial charge in [-0.2, -0.15) is 0 Å². The van der Waals surface area contributed by atoms with Crippen LogP contribution in [0.3, 0.4) is 0 Å². The molecule has 2 aliphatic carbocycles. The highest BCUT2D eigenvalue weighted by atomic mass is 79.9. The first kappa shape index (κ1) is 15.3. The number of halogens is 1. The molecule has 0 aromatic rings. The zero-order valence-corrected chi connectivity index (χ0v) is 13.9. The lowest BCUT2D eigenvalue weighted by atomic mass is 9.63. The second-order valence-electron chi connectivity index (χ2n) is 6.65. The lowest BCUT2D eigenvalue weighted by molar-refractivity contribution is -0.168. The Morgan fingerprint density at radius 1 is 1.26 bits per heavy atom. The van der Waals surface area contributed by atoms with Crippen molar-refractivity contribution in [3.63, 3.8) is 0 Å². The standard InChI is InChI=1S/C16H27BrO2/c1-3-16(2,19-15(18)7-8-17)14-10-12-5-4-6-13(9-12)11-14/h12-14H,3-11H2,1-2H3. The molecule has 2 rings (SSSR count). The molecule has 0 aromatic carbocycles. The average molecular weight is 331 g/mol. The molecule has 2 saturated carbocycles. The third-order valence-electron chi connectivity index (χ3n) is 5.34. The molecular weight excluding hydrogens is 304 g/mol. The van der Waals surface area contributed by atoms with Crippen LogP contribution in [0.4, 0.5) is 0 Å². The van der Waals surface area contributed by atoms with Crippen molar-refractivity contribution in [1.29, 1.82) is 0 Å². The van der Waals surface area contributed by atoms with Crippen molar-refractivity contribution in [3.05, 3.63) is 0 Å². The summed E-state index contributed by atoms with van der Waals surface area (Å²) in [5, 5.41) is 0.696. The molecule has 3 unspecified atom stereocenters. The maximum Gasteiger partial charge on any atom is 0.307 e. The lowest BCUT2D eigenvalue weighted by Crippen LogP contribution is -2.44. The molecule has 0 saturated heterocycles. The number of alkyl halides is 1. The summed E-state index contributed by atoms with van der Waals surface area (Å²) in [5.41, 5.74) is -0.243. The first-order valence-corrected chi connectivity index (χ1v) is 8.97. The molecule has 110 valence electrons. The topological polar surface area (TPSA) is 26.3 Å². The van der Waals surface area contributed by atoms with E-state index < -0.39 is 0 Å². The van der Waals surface area contributed by atoms with Crippen LogP contribution in [0, 0.1) is 17.8 Å². The molecule has 0 spiro atoms. The van der Waals surface area contributed by atoms with Gasteiger partial charge in [-0.25, -0.2) is 0 Å². The quantitative estimate of drug-likeness (QED) is 0.539. The van der Waals surface area contributed by atoms with E-state index in [0.29, 0.717) is 17.7 Å². The SMILES string of the molecule is CCC(C)(OC(=O)CCBr)C1CC2CCCC(C2)C1. The highest BCUT2D eigenvalue weighted by Gasteiger charge is 2.42. The van der Waals surface area contributed by atoms with Crippen molar-refractivity contribution in [2.45, 2.75) is 70.8 Å². The van der Waals surface area contributed by atoms with E-state index in [1.54, 1.807) is 0 Å². The zero-order chi connectivity index (χ0) is 13.9. The Balaban J connectivity index is 2.01. The summed E-state index contributed by atoms with van der Waals surface area (Å²) in [6.07, 6.45) is 9.56. The van der Waals surface area contributed by atoms with Crippen molar-refractivity contribution >= 4 is 21.9 Å². The summed E-state index contributed by atoms with van der Waals surface area (Å²) in [4.78, 5) is 11.9. The Kier molecular flexibility index (Phi) is 5.33. The van der Waals surface area contributed by atoms with Crippen LogP contribution in [0.5, 0.6) is 0 Å². The molecule has 0 N–H and O–H groups in total. The van der Waals surface area contributed by atoms with Gasteiger partial charge in [0, 0.05) is 5.33 Å². The van der Waals surface area contributed by atoms with Gasteiger partial charge in [-0.3, -0.25) is 4.79 Å². The Hall–Kier alpha value is -0.0500. The fourth-order valence-corrected chi connectivity index (χ4v) is 4.39. The molecule has 19 heavy (non-hydrogen) atoms. The summed E-state index contributed by atoms with van der Waals surface area (Å²) in [6, 6.07) is 0. The molecule has 2 nitrogen and oxygen atoms in total. The molecule has 2 fully saturated rings. The smallest absolute Gasteiger partial charge is 0.307 e. The van der Waals surface area contributed by atoms with E-state index in [1.165, 1.54) is 38.5 Å². The third kappa shape index (κ3) is 3.74. The van der Waals surface area contributed by atoms with E-state index in [2.05, 4.69) is 29.8 Å². The van der Waals surface area contributed by atoms with Gasteiger partial charge in [0.05, 0.1) is 6.42 Å². The first-order valence-electron chi connectivity index (χ1n) is 7.85. The van der Waals surface area contributed by atoms with Crippen LogP contribution in [0.15, 0.2) is 0 Å². The first-order chi connectivity index (χ1) is 9.07. The van der Waals surface area contributed by atoms with Gasteiger partial charge in [0.25, 0.3) is 0 Å². The van der Waals surface area contributed by atoms with Crippen LogP contribution >= 0.6 is 15.9 Å². The molecule has 0 aromatic heterocycles. The lowest BCUT2D eigenvalue weighted by Gasteiger charge is -2.46. The highest BCUT2D eigenvalue weighted by Crippen LogP contribution is 2.47. The van der Waals surface area contributed by atoms with Gasteiger partial charge in [-0.1, -0.05) is 42.1 Å². The number of rotatable bonds is 5. The van der Waals surface area contributed by atoms with Gasteiger partial charge in [-0.15, -0.1) is 0 Å². The van der Waals surface area contributed by atoms with Gasteiger partial charge in [-0.05, 0) is 50.4 Å². The number of carbonyl (C=O) groups is 1. The molecular formula is C16H27BrO2. The average Bonchev–Trinajstić information content (AvgIpc) is 2.38. The Morgan fingerprint density at radius 2 is 1.89 bits per heavy atom. The number of carbonyl (C=O) groups excluding carboxylic acids is 1. The Labute approximate surface area is 125 Å². The number of ether oxygens (including phenoxy) is 1. The largest absolute Gasteiger partial charge is 0.459 e. The van der Waals surface area contributed by atoms with Gasteiger partial charge in [0.15, 0.2) is 0 Å². The minimum absolute atomic E-state index is 0.0445. The number of esters is 1. The Morgan fingerprint density at radius 3 is 2.42 bits per heavy atom. The van der Waals surface area contributed by atoms with Crippen LogP contribution < -0.4 is 0 Å². The fraction of sp³-hybridized carbons (Fsp3) is 0.938. The number of hydrogen-bond donors (Lipinski definition) is 0. The molecule has 3 heteroatoms. The van der Waals surface area contributed by atoms with Gasteiger partial charge in [0.1, 0.15) is 5.60 Å². The van der Waals surface area contributed by atoms with Gasteiger partial charge in [0.2, 0.25) is 0 Å². The van der Waals surface area contributed by atoms with Crippen molar-refractivity contribution in [2.24, 2.45) is 17.8 Å². The number of fused-ring (bicyclic) bond motifs is 2. The van der Waals surface area contributed by atoms with Crippen LogP contribution in [0.2, 0.25) is 0 Å². The molecule has 0 radical (unpaired) electrons. The predicted octanol–water partition coefficient (Wildman–Crippen LogP) is 4.70. The van der Waals surface area contributed by atoms with Crippen LogP contribution in [-0.4, -0.2) is 16.9 Å². The van der Waals surface area contributed by atoms with Crippen LogP contribution in [0.25, 0.3) is 0 Å². The van der Waals surface area contributed by atoms with Crippen molar-refractivity contribution in [3.8, 4) is 0 Å². The van der Waals surface area contributed by atoms with Crippen molar-refractivity contribution < 1.29 is 9.53 Å².